The van der Waals surface area contributed by atoms with Gasteiger partial charge in [0.05, 0.1) is 6.42 Å². The molecule has 1 aliphatic rings. The van der Waals surface area contributed by atoms with E-state index in [-0.39, 0.29) is 29.6 Å². The van der Waals surface area contributed by atoms with Crippen molar-refractivity contribution in [1.29, 1.82) is 0 Å². The lowest BCUT2D eigenvalue weighted by molar-refractivity contribution is -0.134. The number of piperidine rings is 1. The molecule has 1 aromatic carbocycles. The highest BCUT2D eigenvalue weighted by Gasteiger charge is 2.28. The molecule has 0 aliphatic carbocycles. The molecule has 6 nitrogen and oxygen atoms in total. The van der Waals surface area contributed by atoms with Crippen LogP contribution < -0.4 is 5.56 Å². The van der Waals surface area contributed by atoms with Crippen LogP contribution in [0.4, 0.5) is 0 Å². The van der Waals surface area contributed by atoms with Crippen molar-refractivity contribution in [2.24, 2.45) is 5.92 Å². The first-order valence-electron chi connectivity index (χ1n) is 9.42. The van der Waals surface area contributed by atoms with Gasteiger partial charge in [-0.3, -0.25) is 14.4 Å². The van der Waals surface area contributed by atoms with Gasteiger partial charge in [-0.2, -0.15) is 0 Å². The first-order chi connectivity index (χ1) is 13.0. The average molecular weight is 367 g/mol. The maximum absolute atomic E-state index is 12.6. The van der Waals surface area contributed by atoms with Crippen LogP contribution in [0.15, 0.2) is 41.3 Å². The Kier molecular flexibility index (Phi) is 6.16. The van der Waals surface area contributed by atoms with Gasteiger partial charge in [0.1, 0.15) is 11.6 Å². The molecule has 0 saturated carbocycles. The molecule has 0 unspecified atom stereocenters. The van der Waals surface area contributed by atoms with Gasteiger partial charge in [-0.15, -0.1) is 0 Å². The number of ketones is 1. The van der Waals surface area contributed by atoms with Crippen LogP contribution in [0.2, 0.25) is 0 Å². The maximum Gasteiger partial charge on any atom is 0.254 e. The molecule has 142 valence electrons. The molecular weight excluding hydrogens is 342 g/mol. The molecule has 0 radical (unpaired) electrons. The molecule has 0 bridgehead atoms. The second kappa shape index (κ2) is 8.75. The van der Waals surface area contributed by atoms with Crippen molar-refractivity contribution in [2.45, 2.75) is 39.0 Å². The van der Waals surface area contributed by atoms with Crippen molar-refractivity contribution in [3.05, 3.63) is 63.8 Å². The number of nitrogens with one attached hydrogen (secondary N) is 1. The highest BCUT2D eigenvalue weighted by molar-refractivity contribution is 5.83. The molecule has 1 aromatic heterocycles. The summed E-state index contributed by atoms with van der Waals surface area (Å²) in [6, 6.07) is 9.96. The Morgan fingerprint density at radius 2 is 2.04 bits per heavy atom. The monoisotopic (exact) mass is 367 g/mol. The van der Waals surface area contributed by atoms with E-state index >= 15 is 0 Å². The van der Waals surface area contributed by atoms with Gasteiger partial charge in [-0.1, -0.05) is 30.3 Å². The number of amides is 1. The van der Waals surface area contributed by atoms with Crippen LogP contribution >= 0.6 is 0 Å². The Morgan fingerprint density at radius 3 is 2.78 bits per heavy atom. The number of Topliss-reactive ketones (excluding diaryl/α,β-unsaturated/α-hetero) is 1. The molecule has 2 aromatic rings. The summed E-state index contributed by atoms with van der Waals surface area (Å²) >= 11 is 0. The van der Waals surface area contributed by atoms with E-state index < -0.39 is 0 Å². The number of carbonyl (C=O) groups is 2. The van der Waals surface area contributed by atoms with E-state index in [0.29, 0.717) is 30.9 Å². The van der Waals surface area contributed by atoms with Gasteiger partial charge in [0.2, 0.25) is 5.91 Å². The minimum atomic E-state index is -0.275. The number of carbonyl (C=O) groups excluding carboxylic acids is 2. The number of likely N-dealkylation sites (tertiary alicyclic amines) is 1. The van der Waals surface area contributed by atoms with Gasteiger partial charge in [0, 0.05) is 37.2 Å². The zero-order valence-corrected chi connectivity index (χ0v) is 15.6. The molecule has 1 atom stereocenters. The first-order valence-corrected chi connectivity index (χ1v) is 9.42. The van der Waals surface area contributed by atoms with Crippen LogP contribution in [0.25, 0.3) is 0 Å². The van der Waals surface area contributed by atoms with Crippen LogP contribution in [0.5, 0.6) is 0 Å². The van der Waals surface area contributed by atoms with E-state index in [1.54, 1.807) is 11.8 Å². The summed E-state index contributed by atoms with van der Waals surface area (Å²) in [5.74, 6) is 0.511. The molecule has 1 saturated heterocycles. The summed E-state index contributed by atoms with van der Waals surface area (Å²) in [4.78, 5) is 45.5. The number of hydrogen-bond acceptors (Lipinski definition) is 4. The van der Waals surface area contributed by atoms with Gasteiger partial charge in [-0.05, 0) is 31.7 Å². The maximum atomic E-state index is 12.6. The van der Waals surface area contributed by atoms with Gasteiger partial charge >= 0.3 is 0 Å². The molecule has 1 amide bonds. The topological polar surface area (TPSA) is 83.1 Å². The second-order valence-electron chi connectivity index (χ2n) is 7.13. The Bertz CT molecular complexity index is 860. The summed E-state index contributed by atoms with van der Waals surface area (Å²) in [5, 5.41) is 0. The highest BCUT2D eigenvalue weighted by Crippen LogP contribution is 2.20. The van der Waals surface area contributed by atoms with E-state index in [0.717, 1.165) is 24.8 Å². The standard InChI is InChI=1S/C21H25N3O3/c1-15-22-13-18(21(27)23-15)12-20(26)24-11-5-8-17(14-24)19(25)10-9-16-6-3-2-4-7-16/h2-4,6-7,13,17H,5,8-12,14H2,1H3,(H,22,23,27)/t17-/m1/s1. The first kappa shape index (κ1) is 19.0. The molecule has 27 heavy (non-hydrogen) atoms. The second-order valence-corrected chi connectivity index (χ2v) is 7.13. The van der Waals surface area contributed by atoms with Gasteiger partial charge < -0.3 is 9.88 Å². The van der Waals surface area contributed by atoms with Crippen LogP contribution in [0.1, 0.15) is 36.2 Å². The number of benzene rings is 1. The van der Waals surface area contributed by atoms with Crippen molar-refractivity contribution < 1.29 is 9.59 Å². The van der Waals surface area contributed by atoms with E-state index in [4.69, 9.17) is 0 Å². The number of nitrogens with zero attached hydrogens (tertiary/aromatic N) is 2. The quantitative estimate of drug-likeness (QED) is 0.847. The van der Waals surface area contributed by atoms with Crippen molar-refractivity contribution in [3.8, 4) is 0 Å². The zero-order chi connectivity index (χ0) is 19.2. The van der Waals surface area contributed by atoms with Crippen molar-refractivity contribution in [3.63, 3.8) is 0 Å². The van der Waals surface area contributed by atoms with Crippen LogP contribution in [-0.4, -0.2) is 39.6 Å². The van der Waals surface area contributed by atoms with E-state index in [1.807, 2.05) is 30.3 Å². The predicted molar refractivity (Wildman–Crippen MR) is 102 cm³/mol. The molecule has 2 heterocycles. The minimum absolute atomic E-state index is 0.0214. The summed E-state index contributed by atoms with van der Waals surface area (Å²) in [5.41, 5.74) is 1.24. The number of aryl methyl sites for hydroxylation is 2. The minimum Gasteiger partial charge on any atom is -0.342 e. The molecule has 6 heteroatoms. The van der Waals surface area contributed by atoms with Crippen LogP contribution in [-0.2, 0) is 22.4 Å². The normalized spacial score (nSPS) is 16.9. The van der Waals surface area contributed by atoms with E-state index in [2.05, 4.69) is 9.97 Å². The highest BCUT2D eigenvalue weighted by atomic mass is 16.2. The number of H-pyrrole nitrogens is 1. The van der Waals surface area contributed by atoms with Crippen molar-refractivity contribution in [1.82, 2.24) is 14.9 Å². The van der Waals surface area contributed by atoms with Crippen molar-refractivity contribution in [2.75, 3.05) is 13.1 Å². The molecule has 3 rings (SSSR count). The smallest absolute Gasteiger partial charge is 0.254 e. The Labute approximate surface area is 158 Å². The summed E-state index contributed by atoms with van der Waals surface area (Å²) in [6.07, 6.45) is 4.35. The van der Waals surface area contributed by atoms with E-state index in [9.17, 15) is 14.4 Å². The Morgan fingerprint density at radius 1 is 1.26 bits per heavy atom. The third kappa shape index (κ3) is 5.12. The lowest BCUT2D eigenvalue weighted by Crippen LogP contribution is -2.43. The Hall–Kier alpha value is -2.76. The number of rotatable bonds is 6. The SMILES string of the molecule is Cc1ncc(CC(=O)N2CCC[C@@H](C(=O)CCc3ccccc3)C2)c(=O)[nH]1. The molecule has 1 aliphatic heterocycles. The summed E-state index contributed by atoms with van der Waals surface area (Å²) in [6.45, 7) is 2.78. The average Bonchev–Trinajstić information content (AvgIpc) is 2.69. The lowest BCUT2D eigenvalue weighted by atomic mass is 9.90. The summed E-state index contributed by atoms with van der Waals surface area (Å²) < 4.78 is 0. The fraction of sp³-hybridized carbons (Fsp3) is 0.429. The van der Waals surface area contributed by atoms with Gasteiger partial charge in [-0.25, -0.2) is 4.98 Å². The molecular formula is C21H25N3O3. The zero-order valence-electron chi connectivity index (χ0n) is 15.6. The third-order valence-electron chi connectivity index (χ3n) is 5.07. The van der Waals surface area contributed by atoms with Crippen LogP contribution in [0, 0.1) is 12.8 Å². The number of hydrogen-bond donors (Lipinski definition) is 1. The third-order valence-corrected chi connectivity index (χ3v) is 5.07. The number of aromatic nitrogens is 2. The largest absolute Gasteiger partial charge is 0.342 e. The molecule has 0 spiro atoms. The molecule has 1 N–H and O–H groups in total. The number of aromatic amines is 1. The fourth-order valence-electron chi connectivity index (χ4n) is 3.49. The predicted octanol–water partition coefficient (Wildman–Crippen LogP) is 2.06. The van der Waals surface area contributed by atoms with Gasteiger partial charge in [0.15, 0.2) is 0 Å². The fourth-order valence-corrected chi connectivity index (χ4v) is 3.49. The Balaban J connectivity index is 1.55. The lowest BCUT2D eigenvalue weighted by Gasteiger charge is -2.32. The van der Waals surface area contributed by atoms with Crippen LogP contribution in [0.3, 0.4) is 0 Å². The van der Waals surface area contributed by atoms with E-state index in [1.165, 1.54) is 6.20 Å². The van der Waals surface area contributed by atoms with Crippen molar-refractivity contribution >= 4 is 11.7 Å². The van der Waals surface area contributed by atoms with Gasteiger partial charge in [0.25, 0.3) is 5.56 Å². The molecule has 1 fully saturated rings. The summed E-state index contributed by atoms with van der Waals surface area (Å²) in [7, 11) is 0.